The van der Waals surface area contributed by atoms with Gasteiger partial charge < -0.3 is 20.1 Å². The van der Waals surface area contributed by atoms with E-state index in [9.17, 15) is 4.79 Å². The quantitative estimate of drug-likeness (QED) is 0.661. The largest absolute Gasteiger partial charge is 0.385 e. The molecular formula is C16H26N2O3. The van der Waals surface area contributed by atoms with Crippen molar-refractivity contribution in [3.05, 3.63) is 35.4 Å². The molecule has 2 N–H and O–H groups in total. The molecule has 0 aromatic heterocycles. The maximum Gasteiger partial charge on any atom is 0.253 e. The van der Waals surface area contributed by atoms with Crippen LogP contribution in [-0.2, 0) is 15.9 Å². The van der Waals surface area contributed by atoms with Gasteiger partial charge in [-0.15, -0.1) is 0 Å². The second-order valence-electron chi connectivity index (χ2n) is 4.87. The summed E-state index contributed by atoms with van der Waals surface area (Å²) in [4.78, 5) is 14.4. The summed E-state index contributed by atoms with van der Waals surface area (Å²) in [6.07, 6.45) is 1.59. The van der Waals surface area contributed by atoms with E-state index in [-0.39, 0.29) is 5.91 Å². The van der Waals surface area contributed by atoms with Crippen LogP contribution in [0.25, 0.3) is 0 Å². The number of benzene rings is 1. The Morgan fingerprint density at radius 3 is 2.62 bits per heavy atom. The number of carbonyl (C=O) groups is 1. The van der Waals surface area contributed by atoms with Gasteiger partial charge in [-0.05, 0) is 37.1 Å². The van der Waals surface area contributed by atoms with Crippen molar-refractivity contribution in [3.63, 3.8) is 0 Å². The standard InChI is InChI=1S/C16H26N2O3/c1-20-11-4-9-18(10-12-21-2)16(19)15-6-3-5-14(13-15)7-8-17/h3,5-6,13H,4,7-12,17H2,1-2H3. The van der Waals surface area contributed by atoms with Crippen LogP contribution in [0.15, 0.2) is 24.3 Å². The minimum absolute atomic E-state index is 0.0297. The number of nitrogens with zero attached hydrogens (tertiary/aromatic N) is 1. The Hall–Kier alpha value is -1.43. The summed E-state index contributed by atoms with van der Waals surface area (Å²) >= 11 is 0. The van der Waals surface area contributed by atoms with E-state index in [1.54, 1.807) is 14.2 Å². The van der Waals surface area contributed by atoms with Gasteiger partial charge in [0.1, 0.15) is 0 Å². The van der Waals surface area contributed by atoms with Gasteiger partial charge in [-0.2, -0.15) is 0 Å². The van der Waals surface area contributed by atoms with Gasteiger partial charge in [-0.1, -0.05) is 12.1 Å². The molecule has 5 heteroatoms. The Morgan fingerprint density at radius 1 is 1.19 bits per heavy atom. The molecule has 0 bridgehead atoms. The first-order valence-electron chi connectivity index (χ1n) is 7.29. The smallest absolute Gasteiger partial charge is 0.253 e. The highest BCUT2D eigenvalue weighted by Gasteiger charge is 2.15. The average molecular weight is 294 g/mol. The molecule has 0 saturated carbocycles. The molecule has 0 heterocycles. The number of nitrogens with two attached hydrogens (primary N) is 1. The topological polar surface area (TPSA) is 64.8 Å². The van der Waals surface area contributed by atoms with Gasteiger partial charge >= 0.3 is 0 Å². The van der Waals surface area contributed by atoms with E-state index in [2.05, 4.69) is 0 Å². The van der Waals surface area contributed by atoms with E-state index in [0.717, 1.165) is 18.4 Å². The number of rotatable bonds is 10. The van der Waals surface area contributed by atoms with Crippen molar-refractivity contribution < 1.29 is 14.3 Å². The highest BCUT2D eigenvalue weighted by Crippen LogP contribution is 2.10. The molecule has 1 aromatic rings. The Balaban J connectivity index is 2.74. The summed E-state index contributed by atoms with van der Waals surface area (Å²) in [5.41, 5.74) is 7.36. The molecule has 0 spiro atoms. The van der Waals surface area contributed by atoms with E-state index in [0.29, 0.717) is 38.4 Å². The van der Waals surface area contributed by atoms with E-state index in [1.807, 2.05) is 29.2 Å². The molecule has 0 aliphatic carbocycles. The lowest BCUT2D eigenvalue weighted by atomic mass is 10.1. The number of hydrogen-bond donors (Lipinski definition) is 1. The second-order valence-corrected chi connectivity index (χ2v) is 4.87. The minimum atomic E-state index is 0.0297. The summed E-state index contributed by atoms with van der Waals surface area (Å²) < 4.78 is 10.1. The average Bonchev–Trinajstić information content (AvgIpc) is 2.51. The first kappa shape index (κ1) is 17.6. The predicted molar refractivity (Wildman–Crippen MR) is 83.5 cm³/mol. The fraction of sp³-hybridized carbons (Fsp3) is 0.562. The van der Waals surface area contributed by atoms with Gasteiger partial charge in [0, 0.05) is 39.5 Å². The highest BCUT2D eigenvalue weighted by molar-refractivity contribution is 5.94. The van der Waals surface area contributed by atoms with Crippen molar-refractivity contribution >= 4 is 5.91 Å². The molecule has 21 heavy (non-hydrogen) atoms. The molecule has 118 valence electrons. The van der Waals surface area contributed by atoms with E-state index in [1.165, 1.54) is 0 Å². The van der Waals surface area contributed by atoms with Crippen LogP contribution in [0.5, 0.6) is 0 Å². The molecular weight excluding hydrogens is 268 g/mol. The fourth-order valence-corrected chi connectivity index (χ4v) is 2.13. The van der Waals surface area contributed by atoms with Gasteiger partial charge in [0.25, 0.3) is 5.91 Å². The summed E-state index contributed by atoms with van der Waals surface area (Å²) in [5.74, 6) is 0.0297. The van der Waals surface area contributed by atoms with E-state index < -0.39 is 0 Å². The molecule has 5 nitrogen and oxygen atoms in total. The SMILES string of the molecule is COCCCN(CCOC)C(=O)c1cccc(CCN)c1. The number of amides is 1. The summed E-state index contributed by atoms with van der Waals surface area (Å²) in [7, 11) is 3.30. The third-order valence-corrected chi connectivity index (χ3v) is 3.24. The number of carbonyl (C=O) groups excluding carboxylic acids is 1. The number of methoxy groups -OCH3 is 2. The van der Waals surface area contributed by atoms with Crippen molar-refractivity contribution in [3.8, 4) is 0 Å². The lowest BCUT2D eigenvalue weighted by Gasteiger charge is -2.22. The van der Waals surface area contributed by atoms with Gasteiger partial charge in [0.05, 0.1) is 6.61 Å². The lowest BCUT2D eigenvalue weighted by Crippen LogP contribution is -2.35. The van der Waals surface area contributed by atoms with E-state index in [4.69, 9.17) is 15.2 Å². The van der Waals surface area contributed by atoms with Gasteiger partial charge in [-0.3, -0.25) is 4.79 Å². The fourth-order valence-electron chi connectivity index (χ4n) is 2.13. The molecule has 0 aliphatic rings. The van der Waals surface area contributed by atoms with Crippen LogP contribution in [0.3, 0.4) is 0 Å². The van der Waals surface area contributed by atoms with Crippen molar-refractivity contribution in [2.45, 2.75) is 12.8 Å². The van der Waals surface area contributed by atoms with Crippen LogP contribution in [0, 0.1) is 0 Å². The molecule has 0 saturated heterocycles. The first-order chi connectivity index (χ1) is 10.2. The third-order valence-electron chi connectivity index (χ3n) is 3.24. The molecule has 1 rings (SSSR count). The van der Waals surface area contributed by atoms with Crippen LogP contribution >= 0.6 is 0 Å². The Kier molecular flexibility index (Phi) is 8.66. The lowest BCUT2D eigenvalue weighted by molar-refractivity contribution is 0.0674. The zero-order valence-electron chi connectivity index (χ0n) is 13.0. The van der Waals surface area contributed by atoms with Crippen molar-refractivity contribution in [2.24, 2.45) is 5.73 Å². The zero-order chi connectivity index (χ0) is 15.5. The summed E-state index contributed by atoms with van der Waals surface area (Å²) in [6, 6.07) is 7.67. The molecule has 0 unspecified atom stereocenters. The molecule has 0 aliphatic heterocycles. The van der Waals surface area contributed by atoms with Crippen LogP contribution in [-0.4, -0.2) is 57.9 Å². The number of hydrogen-bond acceptors (Lipinski definition) is 4. The molecule has 0 atom stereocenters. The van der Waals surface area contributed by atoms with Gasteiger partial charge in [0.15, 0.2) is 0 Å². The van der Waals surface area contributed by atoms with Gasteiger partial charge in [0.2, 0.25) is 0 Å². The van der Waals surface area contributed by atoms with Crippen molar-refractivity contribution in [2.75, 3.05) is 47.1 Å². The van der Waals surface area contributed by atoms with Crippen LogP contribution in [0.1, 0.15) is 22.3 Å². The zero-order valence-corrected chi connectivity index (χ0v) is 13.0. The number of ether oxygens (including phenoxy) is 2. The summed E-state index contributed by atoms with van der Waals surface area (Å²) in [5, 5.41) is 0. The Morgan fingerprint density at radius 2 is 1.95 bits per heavy atom. The van der Waals surface area contributed by atoms with Gasteiger partial charge in [-0.25, -0.2) is 0 Å². The normalized spacial score (nSPS) is 10.6. The third kappa shape index (κ3) is 6.25. The molecule has 0 fully saturated rings. The maximum atomic E-state index is 12.6. The minimum Gasteiger partial charge on any atom is -0.385 e. The highest BCUT2D eigenvalue weighted by atomic mass is 16.5. The van der Waals surface area contributed by atoms with Crippen LogP contribution < -0.4 is 5.73 Å². The first-order valence-corrected chi connectivity index (χ1v) is 7.29. The summed E-state index contributed by atoms with van der Waals surface area (Å²) in [6.45, 7) is 3.00. The Labute approximate surface area is 127 Å². The molecule has 1 aromatic carbocycles. The Bertz CT molecular complexity index is 424. The van der Waals surface area contributed by atoms with Crippen molar-refractivity contribution in [1.29, 1.82) is 0 Å². The van der Waals surface area contributed by atoms with Crippen LogP contribution in [0.4, 0.5) is 0 Å². The molecule has 1 amide bonds. The molecule has 0 radical (unpaired) electrons. The monoisotopic (exact) mass is 294 g/mol. The van der Waals surface area contributed by atoms with E-state index >= 15 is 0 Å². The van der Waals surface area contributed by atoms with Crippen molar-refractivity contribution in [1.82, 2.24) is 4.90 Å². The van der Waals surface area contributed by atoms with Crippen LogP contribution in [0.2, 0.25) is 0 Å². The predicted octanol–water partition coefficient (Wildman–Crippen LogP) is 1.31. The second kappa shape index (κ2) is 10.3. The maximum absolute atomic E-state index is 12.6.